The molecule has 3 rings (SSSR count). The second kappa shape index (κ2) is 6.90. The van der Waals surface area contributed by atoms with Gasteiger partial charge in [0.2, 0.25) is 5.89 Å². The summed E-state index contributed by atoms with van der Waals surface area (Å²) in [6, 6.07) is 10.9. The van der Waals surface area contributed by atoms with Gasteiger partial charge in [-0.2, -0.15) is 16.7 Å². The summed E-state index contributed by atoms with van der Waals surface area (Å²) in [6.07, 6.45) is 2.81. The fourth-order valence-corrected chi connectivity index (χ4v) is 3.51. The summed E-state index contributed by atoms with van der Waals surface area (Å²) in [7, 11) is 0. The molecule has 0 amide bonds. The molecule has 0 spiro atoms. The van der Waals surface area contributed by atoms with Crippen molar-refractivity contribution in [2.45, 2.75) is 25.3 Å². The number of nitrogens with one attached hydrogen (secondary N) is 1. The fourth-order valence-electron chi connectivity index (χ4n) is 2.32. The van der Waals surface area contributed by atoms with Gasteiger partial charge in [0.15, 0.2) is 5.82 Å². The van der Waals surface area contributed by atoms with Gasteiger partial charge in [-0.3, -0.25) is 0 Å². The molecule has 4 nitrogen and oxygen atoms in total. The number of rotatable bonds is 6. The monoisotopic (exact) mass is 289 g/mol. The minimum absolute atomic E-state index is 0.659. The van der Waals surface area contributed by atoms with Crippen LogP contribution in [0.15, 0.2) is 34.9 Å². The van der Waals surface area contributed by atoms with Crippen LogP contribution >= 0.6 is 11.8 Å². The zero-order chi connectivity index (χ0) is 13.6. The average molecular weight is 289 g/mol. The normalized spacial score (nSPS) is 18.5. The van der Waals surface area contributed by atoms with Crippen LogP contribution in [0.1, 0.15) is 23.7 Å². The van der Waals surface area contributed by atoms with E-state index in [0.717, 1.165) is 31.1 Å². The highest BCUT2D eigenvalue weighted by atomic mass is 32.2. The molecule has 1 aromatic carbocycles. The second-order valence-corrected chi connectivity index (χ2v) is 6.18. The van der Waals surface area contributed by atoms with Crippen LogP contribution in [0.4, 0.5) is 0 Å². The Kier molecular flexibility index (Phi) is 4.71. The predicted molar refractivity (Wildman–Crippen MR) is 81.0 cm³/mol. The van der Waals surface area contributed by atoms with Crippen molar-refractivity contribution in [3.8, 4) is 0 Å². The third kappa shape index (κ3) is 3.84. The molecule has 1 fully saturated rings. The van der Waals surface area contributed by atoms with Crippen molar-refractivity contribution < 1.29 is 4.52 Å². The molecule has 0 bridgehead atoms. The number of benzene rings is 1. The molecule has 1 N–H and O–H groups in total. The first kappa shape index (κ1) is 13.6. The molecule has 1 atom stereocenters. The Labute approximate surface area is 123 Å². The molecule has 0 unspecified atom stereocenters. The van der Waals surface area contributed by atoms with Crippen LogP contribution in [-0.4, -0.2) is 34.2 Å². The largest absolute Gasteiger partial charge is 0.339 e. The molecule has 2 heterocycles. The van der Waals surface area contributed by atoms with Gasteiger partial charge in [-0.25, -0.2) is 0 Å². The molecular weight excluding hydrogens is 270 g/mol. The summed E-state index contributed by atoms with van der Waals surface area (Å²) in [5.74, 6) is 4.00. The van der Waals surface area contributed by atoms with Crippen LogP contribution < -0.4 is 5.32 Å². The van der Waals surface area contributed by atoms with Crippen molar-refractivity contribution >= 4 is 11.8 Å². The maximum absolute atomic E-state index is 5.30. The molecule has 0 saturated carbocycles. The quantitative estimate of drug-likeness (QED) is 0.884. The number of aromatic nitrogens is 2. The summed E-state index contributed by atoms with van der Waals surface area (Å²) >= 11 is 2.02. The maximum atomic E-state index is 5.30. The van der Waals surface area contributed by atoms with Crippen LogP contribution in [0.25, 0.3) is 0 Å². The molecule has 1 aliphatic heterocycles. The van der Waals surface area contributed by atoms with Gasteiger partial charge < -0.3 is 9.84 Å². The van der Waals surface area contributed by atoms with Crippen molar-refractivity contribution in [1.29, 1.82) is 0 Å². The summed E-state index contributed by atoms with van der Waals surface area (Å²) in [5, 5.41) is 7.58. The van der Waals surface area contributed by atoms with Crippen molar-refractivity contribution in [1.82, 2.24) is 15.5 Å². The Hall–Kier alpha value is -1.33. The van der Waals surface area contributed by atoms with E-state index in [9.17, 15) is 0 Å². The molecule has 5 heteroatoms. The van der Waals surface area contributed by atoms with Crippen LogP contribution in [0.3, 0.4) is 0 Å². The Morgan fingerprint density at radius 2 is 2.20 bits per heavy atom. The number of thioether (sulfide) groups is 1. The van der Waals surface area contributed by atoms with Gasteiger partial charge in [-0.05, 0) is 17.7 Å². The van der Waals surface area contributed by atoms with Gasteiger partial charge >= 0.3 is 0 Å². The topological polar surface area (TPSA) is 51.0 Å². The summed E-state index contributed by atoms with van der Waals surface area (Å²) < 4.78 is 5.30. The molecule has 20 heavy (non-hydrogen) atoms. The first-order valence-electron chi connectivity index (χ1n) is 7.06. The third-order valence-electron chi connectivity index (χ3n) is 3.42. The highest BCUT2D eigenvalue weighted by Crippen LogP contribution is 2.16. The summed E-state index contributed by atoms with van der Waals surface area (Å²) in [4.78, 5) is 4.45. The van der Waals surface area contributed by atoms with E-state index in [1.165, 1.54) is 23.5 Å². The predicted octanol–water partition coefficient (Wildman–Crippen LogP) is 2.30. The number of hydrogen-bond acceptors (Lipinski definition) is 5. The van der Waals surface area contributed by atoms with Gasteiger partial charge in [0.1, 0.15) is 0 Å². The molecule has 1 aromatic heterocycles. The third-order valence-corrected chi connectivity index (χ3v) is 4.58. The average Bonchev–Trinajstić information content (AvgIpc) is 3.12. The van der Waals surface area contributed by atoms with E-state index < -0.39 is 0 Å². The SMILES string of the molecule is c1ccc(Cc2noc(CCN[C@@H]3CCSC3)n2)cc1. The first-order chi connectivity index (χ1) is 9.90. The number of hydrogen-bond donors (Lipinski definition) is 1. The Balaban J connectivity index is 1.46. The van der Waals surface area contributed by atoms with Crippen molar-refractivity contribution in [2.24, 2.45) is 0 Å². The first-order valence-corrected chi connectivity index (χ1v) is 8.22. The molecule has 1 saturated heterocycles. The minimum atomic E-state index is 0.659. The highest BCUT2D eigenvalue weighted by Gasteiger charge is 2.14. The Morgan fingerprint density at radius 1 is 1.30 bits per heavy atom. The fraction of sp³-hybridized carbons (Fsp3) is 0.467. The highest BCUT2D eigenvalue weighted by molar-refractivity contribution is 7.99. The lowest BCUT2D eigenvalue weighted by molar-refractivity contribution is 0.369. The Bertz CT molecular complexity index is 523. The lowest BCUT2D eigenvalue weighted by Gasteiger charge is -2.08. The van der Waals surface area contributed by atoms with Crippen LogP contribution in [0.2, 0.25) is 0 Å². The van der Waals surface area contributed by atoms with E-state index in [1.54, 1.807) is 0 Å². The molecule has 106 valence electrons. The molecule has 1 aliphatic rings. The van der Waals surface area contributed by atoms with Gasteiger partial charge in [-0.15, -0.1) is 0 Å². The van der Waals surface area contributed by atoms with Gasteiger partial charge in [0.25, 0.3) is 0 Å². The van der Waals surface area contributed by atoms with Crippen LogP contribution in [0.5, 0.6) is 0 Å². The van der Waals surface area contributed by atoms with E-state index >= 15 is 0 Å². The summed E-state index contributed by atoms with van der Waals surface area (Å²) in [5.41, 5.74) is 1.21. The van der Waals surface area contributed by atoms with Crippen molar-refractivity contribution in [3.63, 3.8) is 0 Å². The Morgan fingerprint density at radius 3 is 3.00 bits per heavy atom. The van der Waals surface area contributed by atoms with Crippen molar-refractivity contribution in [3.05, 3.63) is 47.6 Å². The van der Waals surface area contributed by atoms with E-state index in [1.807, 2.05) is 30.0 Å². The van der Waals surface area contributed by atoms with E-state index in [4.69, 9.17) is 4.52 Å². The van der Waals surface area contributed by atoms with Gasteiger partial charge in [-0.1, -0.05) is 35.5 Å². The zero-order valence-corrected chi connectivity index (χ0v) is 12.2. The van der Waals surface area contributed by atoms with E-state index in [-0.39, 0.29) is 0 Å². The molecule has 2 aromatic rings. The van der Waals surface area contributed by atoms with Gasteiger partial charge in [0.05, 0.1) is 0 Å². The van der Waals surface area contributed by atoms with Crippen LogP contribution in [0, 0.1) is 0 Å². The summed E-state index contributed by atoms with van der Waals surface area (Å²) in [6.45, 7) is 0.915. The second-order valence-electron chi connectivity index (χ2n) is 5.03. The van der Waals surface area contributed by atoms with Crippen molar-refractivity contribution in [2.75, 3.05) is 18.1 Å². The van der Waals surface area contributed by atoms with Crippen LogP contribution in [-0.2, 0) is 12.8 Å². The lowest BCUT2D eigenvalue weighted by Crippen LogP contribution is -2.30. The molecule has 0 radical (unpaired) electrons. The zero-order valence-electron chi connectivity index (χ0n) is 11.4. The number of nitrogens with zero attached hydrogens (tertiary/aromatic N) is 2. The van der Waals surface area contributed by atoms with Gasteiger partial charge in [0, 0.05) is 31.2 Å². The molecular formula is C15H19N3OS. The molecule has 0 aliphatic carbocycles. The van der Waals surface area contributed by atoms with E-state index in [0.29, 0.717) is 6.04 Å². The lowest BCUT2D eigenvalue weighted by atomic mass is 10.1. The smallest absolute Gasteiger partial charge is 0.227 e. The standard InChI is InChI=1S/C15H19N3OS/c1-2-4-12(5-3-1)10-14-17-15(19-18-14)6-8-16-13-7-9-20-11-13/h1-5,13,16H,6-11H2/t13-/m1/s1. The minimum Gasteiger partial charge on any atom is -0.339 e. The maximum Gasteiger partial charge on any atom is 0.227 e. The van der Waals surface area contributed by atoms with E-state index in [2.05, 4.69) is 27.6 Å².